The van der Waals surface area contributed by atoms with Crippen LogP contribution in [0.15, 0.2) is 18.2 Å². The van der Waals surface area contributed by atoms with Crippen molar-refractivity contribution < 1.29 is 23.0 Å². The van der Waals surface area contributed by atoms with E-state index in [1.165, 1.54) is 6.07 Å². The lowest BCUT2D eigenvalue weighted by Gasteiger charge is -2.22. The molecule has 5 heteroatoms. The van der Waals surface area contributed by atoms with E-state index < -0.39 is 29.3 Å². The number of Topliss-reactive ketones (excluding diaryl/α,β-unsaturated/α-hetero) is 1. The molecule has 1 aromatic rings. The predicted octanol–water partition coefficient (Wildman–Crippen LogP) is 2.69. The third-order valence-corrected chi connectivity index (χ3v) is 2.74. The van der Waals surface area contributed by atoms with Crippen molar-refractivity contribution in [2.75, 3.05) is 13.2 Å². The van der Waals surface area contributed by atoms with E-state index >= 15 is 0 Å². The molecule has 1 aliphatic heterocycles. The summed E-state index contributed by atoms with van der Waals surface area (Å²) in [6, 6.07) is 3.38. The first-order chi connectivity index (χ1) is 8.68. The van der Waals surface area contributed by atoms with Gasteiger partial charge in [-0.15, -0.1) is 0 Å². The van der Waals surface area contributed by atoms with Crippen LogP contribution >= 0.6 is 0 Å². The Morgan fingerprint density at radius 2 is 1.83 bits per heavy atom. The molecule has 0 spiro atoms. The average Bonchev–Trinajstić information content (AvgIpc) is 2.37. The zero-order valence-corrected chi connectivity index (χ0v) is 9.83. The van der Waals surface area contributed by atoms with Crippen LogP contribution in [0, 0.1) is 11.6 Å². The maximum Gasteiger partial charge on any atom is 0.168 e. The number of benzene rings is 1. The Balaban J connectivity index is 1.95. The van der Waals surface area contributed by atoms with E-state index in [0.717, 1.165) is 18.6 Å². The molecule has 0 bridgehead atoms. The van der Waals surface area contributed by atoms with Crippen molar-refractivity contribution in [3.63, 3.8) is 0 Å². The fourth-order valence-electron chi connectivity index (χ4n) is 1.84. The number of rotatable bonds is 4. The Hall–Kier alpha value is -1.33. The summed E-state index contributed by atoms with van der Waals surface area (Å²) >= 11 is 0. The molecule has 0 aliphatic carbocycles. The van der Waals surface area contributed by atoms with Crippen LogP contribution in [0.3, 0.4) is 0 Å². The van der Waals surface area contributed by atoms with Gasteiger partial charge >= 0.3 is 0 Å². The van der Waals surface area contributed by atoms with Gasteiger partial charge in [0, 0.05) is 12.8 Å². The zero-order chi connectivity index (χ0) is 13.0. The van der Waals surface area contributed by atoms with E-state index in [2.05, 4.69) is 0 Å². The minimum atomic E-state index is -0.828. The molecule has 18 heavy (non-hydrogen) atoms. The molecule has 1 aliphatic rings. The van der Waals surface area contributed by atoms with Gasteiger partial charge in [-0.3, -0.25) is 4.79 Å². The maximum absolute atomic E-state index is 13.3. The topological polar surface area (TPSA) is 35.5 Å². The first-order valence-electron chi connectivity index (χ1n) is 5.89. The van der Waals surface area contributed by atoms with Crippen LogP contribution in [0.4, 0.5) is 8.78 Å². The van der Waals surface area contributed by atoms with Gasteiger partial charge in [-0.25, -0.2) is 8.78 Å². The molecule has 3 nitrogen and oxygen atoms in total. The summed E-state index contributed by atoms with van der Waals surface area (Å²) in [7, 11) is 0. The molecule has 1 fully saturated rings. The fraction of sp³-hybridized carbons (Fsp3) is 0.462. The molecule has 0 radical (unpaired) electrons. The van der Waals surface area contributed by atoms with Crippen LogP contribution in [0.25, 0.3) is 0 Å². The van der Waals surface area contributed by atoms with Gasteiger partial charge in [0.25, 0.3) is 0 Å². The van der Waals surface area contributed by atoms with E-state index in [-0.39, 0.29) is 6.42 Å². The summed E-state index contributed by atoms with van der Waals surface area (Å²) in [5, 5.41) is 0. The maximum atomic E-state index is 13.3. The van der Waals surface area contributed by atoms with E-state index in [9.17, 15) is 13.6 Å². The van der Waals surface area contributed by atoms with Gasteiger partial charge in [-0.05, 0) is 18.6 Å². The zero-order valence-electron chi connectivity index (χ0n) is 9.83. The van der Waals surface area contributed by atoms with Crippen LogP contribution in [-0.2, 0) is 9.47 Å². The number of carbonyl (C=O) groups is 1. The van der Waals surface area contributed by atoms with Crippen molar-refractivity contribution in [2.24, 2.45) is 0 Å². The van der Waals surface area contributed by atoms with E-state index in [0.29, 0.717) is 19.6 Å². The minimum absolute atomic E-state index is 0.00250. The Kier molecular flexibility index (Phi) is 4.38. The number of ether oxygens (including phenoxy) is 2. The number of halogens is 2. The van der Waals surface area contributed by atoms with Crippen LogP contribution in [-0.4, -0.2) is 25.3 Å². The summed E-state index contributed by atoms with van der Waals surface area (Å²) in [6.07, 6.45) is 0.694. The smallest absolute Gasteiger partial charge is 0.168 e. The first kappa shape index (κ1) is 13.1. The number of ketones is 1. The highest BCUT2D eigenvalue weighted by Gasteiger charge is 2.20. The molecule has 0 aromatic heterocycles. The molecule has 98 valence electrons. The van der Waals surface area contributed by atoms with Crippen molar-refractivity contribution in [3.05, 3.63) is 35.4 Å². The molecule has 1 saturated heterocycles. The van der Waals surface area contributed by atoms with Crippen LogP contribution < -0.4 is 0 Å². The van der Waals surface area contributed by atoms with Crippen molar-refractivity contribution in [3.8, 4) is 0 Å². The van der Waals surface area contributed by atoms with Gasteiger partial charge in [-0.1, -0.05) is 6.07 Å². The van der Waals surface area contributed by atoms with Gasteiger partial charge < -0.3 is 9.47 Å². The van der Waals surface area contributed by atoms with Crippen LogP contribution in [0.1, 0.15) is 29.6 Å². The largest absolute Gasteiger partial charge is 0.353 e. The van der Waals surface area contributed by atoms with E-state index in [1.54, 1.807) is 0 Å². The third-order valence-electron chi connectivity index (χ3n) is 2.74. The molecule has 1 heterocycles. The summed E-state index contributed by atoms with van der Waals surface area (Å²) in [6.45, 7) is 1.18. The highest BCUT2D eigenvalue weighted by atomic mass is 19.1. The predicted molar refractivity (Wildman–Crippen MR) is 60.2 cm³/mol. The van der Waals surface area contributed by atoms with Gasteiger partial charge in [-0.2, -0.15) is 0 Å². The fourth-order valence-corrected chi connectivity index (χ4v) is 1.84. The molecular formula is C13H14F2O3. The van der Waals surface area contributed by atoms with Gasteiger partial charge in [0.1, 0.15) is 11.6 Å². The monoisotopic (exact) mass is 256 g/mol. The summed E-state index contributed by atoms with van der Waals surface area (Å²) in [5.74, 6) is -2.22. The van der Waals surface area contributed by atoms with E-state index in [1.807, 2.05) is 0 Å². The molecule has 1 aromatic carbocycles. The minimum Gasteiger partial charge on any atom is -0.353 e. The normalized spacial score (nSPS) is 16.8. The molecule has 0 N–H and O–H groups in total. The summed E-state index contributed by atoms with van der Waals surface area (Å²) in [5.41, 5.74) is -0.478. The second kappa shape index (κ2) is 6.02. The number of hydrogen-bond donors (Lipinski definition) is 0. The van der Waals surface area contributed by atoms with Crippen molar-refractivity contribution in [1.82, 2.24) is 0 Å². The van der Waals surface area contributed by atoms with Crippen molar-refractivity contribution >= 4 is 5.78 Å². The Morgan fingerprint density at radius 3 is 2.44 bits per heavy atom. The highest BCUT2D eigenvalue weighted by molar-refractivity contribution is 5.96. The molecule has 0 unspecified atom stereocenters. The highest BCUT2D eigenvalue weighted by Crippen LogP contribution is 2.17. The van der Waals surface area contributed by atoms with Crippen LogP contribution in [0.2, 0.25) is 0 Å². The first-order valence-corrected chi connectivity index (χ1v) is 5.89. The Morgan fingerprint density at radius 1 is 1.22 bits per heavy atom. The van der Waals surface area contributed by atoms with Crippen LogP contribution in [0.5, 0.6) is 0 Å². The second-order valence-electron chi connectivity index (χ2n) is 4.08. The average molecular weight is 256 g/mol. The van der Waals surface area contributed by atoms with Crippen molar-refractivity contribution in [2.45, 2.75) is 25.6 Å². The van der Waals surface area contributed by atoms with Gasteiger partial charge in [0.05, 0.1) is 18.8 Å². The van der Waals surface area contributed by atoms with Gasteiger partial charge in [0.15, 0.2) is 12.1 Å². The summed E-state index contributed by atoms with van der Waals surface area (Å²) < 4.78 is 37.2. The quantitative estimate of drug-likeness (QED) is 0.777. The van der Waals surface area contributed by atoms with Crippen molar-refractivity contribution in [1.29, 1.82) is 0 Å². The Bertz CT molecular complexity index is 408. The second-order valence-corrected chi connectivity index (χ2v) is 4.08. The molecular weight excluding hydrogens is 242 g/mol. The molecule has 0 saturated carbocycles. The molecule has 2 rings (SSSR count). The third kappa shape index (κ3) is 3.11. The van der Waals surface area contributed by atoms with Gasteiger partial charge in [0.2, 0.25) is 0 Å². The SMILES string of the molecule is O=C(CCC1OCCCO1)c1c(F)cccc1F. The standard InChI is InChI=1S/C13H14F2O3/c14-9-3-1-4-10(15)13(9)11(16)5-6-12-17-7-2-8-18-12/h1,3-4,12H,2,5-8H2. The number of carbonyl (C=O) groups excluding carboxylic acids is 1. The molecule has 0 atom stereocenters. The summed E-state index contributed by atoms with van der Waals surface area (Å²) in [4.78, 5) is 11.7. The van der Waals surface area contributed by atoms with E-state index in [4.69, 9.17) is 9.47 Å². The number of hydrogen-bond acceptors (Lipinski definition) is 3. The Labute approximate surface area is 104 Å². The molecule has 0 amide bonds. The lowest BCUT2D eigenvalue weighted by atomic mass is 10.1. The lowest BCUT2D eigenvalue weighted by molar-refractivity contribution is -0.180. The lowest BCUT2D eigenvalue weighted by Crippen LogP contribution is -2.25.